The molecule has 0 bridgehead atoms. The van der Waals surface area contributed by atoms with Crippen molar-refractivity contribution in [3.05, 3.63) is 53.6 Å². The van der Waals surface area contributed by atoms with Gasteiger partial charge in [0.15, 0.2) is 24.7 Å². The minimum Gasteiger partial charge on any atom is -0.493 e. The maximum absolute atomic E-state index is 12.7. The molecular formula is C27H35N3O7. The maximum Gasteiger partial charge on any atom is 0.344 e. The van der Waals surface area contributed by atoms with Gasteiger partial charge in [0.25, 0.3) is 11.8 Å². The molecule has 10 heteroatoms. The Morgan fingerprint density at radius 1 is 1.00 bits per heavy atom. The van der Waals surface area contributed by atoms with Crippen LogP contribution in [-0.4, -0.2) is 57.0 Å². The average molecular weight is 514 g/mol. The molecule has 0 unspecified atom stereocenters. The van der Waals surface area contributed by atoms with Gasteiger partial charge in [-0.1, -0.05) is 32.0 Å². The fraction of sp³-hybridized carbons (Fsp3) is 0.407. The molecule has 0 aliphatic heterocycles. The van der Waals surface area contributed by atoms with Gasteiger partial charge < -0.3 is 24.3 Å². The number of para-hydroxylation sites is 1. The SMILES string of the molecule is CCOC(=O)COc1ccc(/C=N\NC(=O)[C@H](CC(C)C)NC(=O)COc2ccccc2C)cc1OC. The molecule has 2 aromatic carbocycles. The summed E-state index contributed by atoms with van der Waals surface area (Å²) in [4.78, 5) is 36.7. The zero-order valence-corrected chi connectivity index (χ0v) is 21.9. The fourth-order valence-electron chi connectivity index (χ4n) is 3.27. The molecule has 0 spiro atoms. The Kier molecular flexibility index (Phi) is 11.9. The summed E-state index contributed by atoms with van der Waals surface area (Å²) in [5, 5.41) is 6.73. The van der Waals surface area contributed by atoms with Crippen LogP contribution < -0.4 is 25.0 Å². The van der Waals surface area contributed by atoms with Gasteiger partial charge in [-0.05, 0) is 61.6 Å². The Bertz CT molecular complexity index is 1090. The number of methoxy groups -OCH3 is 1. The first-order valence-electron chi connectivity index (χ1n) is 12.0. The number of nitrogens with one attached hydrogen (secondary N) is 2. The summed E-state index contributed by atoms with van der Waals surface area (Å²) >= 11 is 0. The molecule has 2 aromatic rings. The predicted molar refractivity (Wildman–Crippen MR) is 139 cm³/mol. The highest BCUT2D eigenvalue weighted by molar-refractivity contribution is 5.89. The lowest BCUT2D eigenvalue weighted by Crippen LogP contribution is -2.47. The molecule has 0 saturated carbocycles. The number of hydrogen-bond donors (Lipinski definition) is 2. The first-order valence-corrected chi connectivity index (χ1v) is 12.0. The molecule has 0 saturated heterocycles. The summed E-state index contributed by atoms with van der Waals surface area (Å²) in [6.07, 6.45) is 1.86. The number of hydrazone groups is 1. The Balaban J connectivity index is 1.95. The maximum atomic E-state index is 12.7. The summed E-state index contributed by atoms with van der Waals surface area (Å²) in [5.41, 5.74) is 4.01. The highest BCUT2D eigenvalue weighted by atomic mass is 16.6. The number of rotatable bonds is 14. The predicted octanol–water partition coefficient (Wildman–Crippen LogP) is 3.01. The number of carbonyl (C=O) groups is 3. The van der Waals surface area contributed by atoms with Crippen LogP contribution in [0.15, 0.2) is 47.6 Å². The molecule has 2 amide bonds. The molecule has 1 atom stereocenters. The van der Waals surface area contributed by atoms with Gasteiger partial charge >= 0.3 is 5.97 Å². The summed E-state index contributed by atoms with van der Waals surface area (Å²) in [7, 11) is 1.47. The van der Waals surface area contributed by atoms with E-state index in [-0.39, 0.29) is 25.7 Å². The van der Waals surface area contributed by atoms with Gasteiger partial charge in [0.1, 0.15) is 11.8 Å². The van der Waals surface area contributed by atoms with E-state index in [2.05, 4.69) is 15.8 Å². The van der Waals surface area contributed by atoms with E-state index in [4.69, 9.17) is 18.9 Å². The Morgan fingerprint density at radius 2 is 1.73 bits per heavy atom. The largest absolute Gasteiger partial charge is 0.493 e. The molecule has 200 valence electrons. The minimum atomic E-state index is -0.779. The number of ether oxygens (including phenoxy) is 4. The van der Waals surface area contributed by atoms with Crippen LogP contribution in [0.1, 0.15) is 38.3 Å². The number of amides is 2. The van der Waals surface area contributed by atoms with Crippen LogP contribution >= 0.6 is 0 Å². The van der Waals surface area contributed by atoms with Gasteiger partial charge in [-0.25, -0.2) is 10.2 Å². The van der Waals surface area contributed by atoms with Gasteiger partial charge in [0.2, 0.25) is 0 Å². The number of hydrogen-bond acceptors (Lipinski definition) is 8. The zero-order chi connectivity index (χ0) is 27.2. The van der Waals surface area contributed by atoms with E-state index in [0.717, 1.165) is 5.56 Å². The molecule has 10 nitrogen and oxygen atoms in total. The lowest BCUT2D eigenvalue weighted by molar-refractivity contribution is -0.145. The van der Waals surface area contributed by atoms with Crippen molar-refractivity contribution in [1.82, 2.24) is 10.7 Å². The lowest BCUT2D eigenvalue weighted by atomic mass is 10.0. The van der Waals surface area contributed by atoms with Gasteiger partial charge in [0.05, 0.1) is 19.9 Å². The number of benzene rings is 2. The molecule has 2 rings (SSSR count). The van der Waals surface area contributed by atoms with Crippen molar-refractivity contribution in [2.45, 2.75) is 40.2 Å². The van der Waals surface area contributed by atoms with Gasteiger partial charge in [0, 0.05) is 0 Å². The van der Waals surface area contributed by atoms with E-state index >= 15 is 0 Å². The second kappa shape index (κ2) is 15.1. The summed E-state index contributed by atoms with van der Waals surface area (Å²) < 4.78 is 21.2. The quantitative estimate of drug-likeness (QED) is 0.226. The van der Waals surface area contributed by atoms with Crippen LogP contribution in [0.4, 0.5) is 0 Å². The van der Waals surface area contributed by atoms with Crippen LogP contribution in [0.5, 0.6) is 17.2 Å². The molecular weight excluding hydrogens is 478 g/mol. The van der Waals surface area contributed by atoms with E-state index in [1.165, 1.54) is 13.3 Å². The Hall–Kier alpha value is -4.08. The summed E-state index contributed by atoms with van der Waals surface area (Å²) in [6, 6.07) is 11.6. The molecule has 0 heterocycles. The van der Waals surface area contributed by atoms with Crippen molar-refractivity contribution < 1.29 is 33.3 Å². The number of carbonyl (C=O) groups excluding carboxylic acids is 3. The third kappa shape index (κ3) is 10.2. The summed E-state index contributed by atoms with van der Waals surface area (Å²) in [5.74, 6) is 0.181. The smallest absolute Gasteiger partial charge is 0.344 e. The van der Waals surface area contributed by atoms with E-state index < -0.39 is 23.8 Å². The Labute approximate surface area is 217 Å². The monoisotopic (exact) mass is 513 g/mol. The molecule has 37 heavy (non-hydrogen) atoms. The van der Waals surface area contributed by atoms with E-state index in [0.29, 0.717) is 29.2 Å². The van der Waals surface area contributed by atoms with Crippen LogP contribution in [-0.2, 0) is 19.1 Å². The van der Waals surface area contributed by atoms with Crippen molar-refractivity contribution in [3.63, 3.8) is 0 Å². The third-order valence-electron chi connectivity index (χ3n) is 5.04. The standard InChI is InChI=1S/C27H35N3O7/c1-6-35-26(32)17-37-23-12-11-20(14-24(23)34-5)15-28-30-27(33)21(13-18(2)3)29-25(31)16-36-22-10-8-7-9-19(22)4/h7-12,14-15,18,21H,6,13,16-17H2,1-5H3,(H,29,31)(H,30,33)/b28-15-/t21-/m0/s1. The van der Waals surface area contributed by atoms with Crippen molar-refractivity contribution >= 4 is 24.0 Å². The first-order chi connectivity index (χ1) is 17.7. The van der Waals surface area contributed by atoms with Gasteiger partial charge in [-0.3, -0.25) is 9.59 Å². The van der Waals surface area contributed by atoms with Crippen molar-refractivity contribution in [1.29, 1.82) is 0 Å². The number of aryl methyl sites for hydroxylation is 1. The van der Waals surface area contributed by atoms with Crippen LogP contribution in [0.3, 0.4) is 0 Å². The van der Waals surface area contributed by atoms with Crippen molar-refractivity contribution in [3.8, 4) is 17.2 Å². The molecule has 2 N–H and O–H groups in total. The number of nitrogens with zero attached hydrogens (tertiary/aromatic N) is 1. The van der Waals surface area contributed by atoms with Crippen LogP contribution in [0.2, 0.25) is 0 Å². The van der Waals surface area contributed by atoms with Crippen LogP contribution in [0, 0.1) is 12.8 Å². The molecule has 0 fully saturated rings. The normalized spacial score (nSPS) is 11.6. The fourth-order valence-corrected chi connectivity index (χ4v) is 3.27. The van der Waals surface area contributed by atoms with Gasteiger partial charge in [-0.2, -0.15) is 5.10 Å². The molecule has 0 aromatic heterocycles. The second-order valence-electron chi connectivity index (χ2n) is 8.54. The minimum absolute atomic E-state index is 0.156. The van der Waals surface area contributed by atoms with E-state index in [9.17, 15) is 14.4 Å². The molecule has 0 aliphatic carbocycles. The van der Waals surface area contributed by atoms with Crippen molar-refractivity contribution in [2.75, 3.05) is 26.9 Å². The highest BCUT2D eigenvalue weighted by Gasteiger charge is 2.22. The second-order valence-corrected chi connectivity index (χ2v) is 8.54. The highest BCUT2D eigenvalue weighted by Crippen LogP contribution is 2.27. The molecule has 0 radical (unpaired) electrons. The third-order valence-corrected chi connectivity index (χ3v) is 5.04. The topological polar surface area (TPSA) is 125 Å². The lowest BCUT2D eigenvalue weighted by Gasteiger charge is -2.19. The Morgan fingerprint density at radius 3 is 2.41 bits per heavy atom. The first kappa shape index (κ1) is 29.2. The number of esters is 1. The zero-order valence-electron chi connectivity index (χ0n) is 21.9. The van der Waals surface area contributed by atoms with E-state index in [1.807, 2.05) is 39.0 Å². The average Bonchev–Trinajstić information content (AvgIpc) is 2.86. The molecule has 0 aliphatic rings. The summed E-state index contributed by atoms with van der Waals surface area (Å²) in [6.45, 7) is 7.33. The van der Waals surface area contributed by atoms with E-state index in [1.54, 1.807) is 31.2 Å². The van der Waals surface area contributed by atoms with Gasteiger partial charge in [-0.15, -0.1) is 0 Å². The van der Waals surface area contributed by atoms with Crippen LogP contribution in [0.25, 0.3) is 0 Å². The van der Waals surface area contributed by atoms with Crippen molar-refractivity contribution in [2.24, 2.45) is 11.0 Å².